The smallest absolute Gasteiger partial charge is 0.317 e. The standard InChI is InChI=1S/C15H21N5OS/c1-4-16-15(21)20-6-5-11(7-20)19-13-12-9(2)8-22-14(12)18-10(3)17-13/h8,11H,4-7H2,1-3H3,(H,16,21)(H,17,18,19). The van der Waals surface area contributed by atoms with Crippen molar-refractivity contribution < 1.29 is 4.79 Å². The van der Waals surface area contributed by atoms with E-state index >= 15 is 0 Å². The van der Waals surface area contributed by atoms with Gasteiger partial charge in [-0.2, -0.15) is 0 Å². The molecule has 118 valence electrons. The zero-order chi connectivity index (χ0) is 15.7. The molecule has 2 amide bonds. The summed E-state index contributed by atoms with van der Waals surface area (Å²) in [7, 11) is 0. The Balaban J connectivity index is 1.77. The summed E-state index contributed by atoms with van der Waals surface area (Å²) in [6.45, 7) is 8.07. The molecule has 1 atom stereocenters. The molecule has 2 aromatic heterocycles. The molecular weight excluding hydrogens is 298 g/mol. The number of nitrogens with zero attached hydrogens (tertiary/aromatic N) is 3. The van der Waals surface area contributed by atoms with Crippen molar-refractivity contribution in [2.24, 2.45) is 0 Å². The lowest BCUT2D eigenvalue weighted by Crippen LogP contribution is -2.39. The summed E-state index contributed by atoms with van der Waals surface area (Å²) in [5.74, 6) is 1.67. The van der Waals surface area contributed by atoms with Gasteiger partial charge in [-0.25, -0.2) is 14.8 Å². The quantitative estimate of drug-likeness (QED) is 0.912. The molecule has 3 heterocycles. The molecule has 7 heteroatoms. The Morgan fingerprint density at radius 3 is 3.05 bits per heavy atom. The zero-order valence-electron chi connectivity index (χ0n) is 13.1. The van der Waals surface area contributed by atoms with Gasteiger partial charge in [0, 0.05) is 25.7 Å². The summed E-state index contributed by atoms with van der Waals surface area (Å²) in [5.41, 5.74) is 1.20. The lowest BCUT2D eigenvalue weighted by atomic mass is 10.2. The van der Waals surface area contributed by atoms with E-state index in [1.165, 1.54) is 5.56 Å². The van der Waals surface area contributed by atoms with Crippen molar-refractivity contribution in [3.05, 3.63) is 16.8 Å². The van der Waals surface area contributed by atoms with Crippen molar-refractivity contribution in [2.75, 3.05) is 25.0 Å². The molecule has 0 bridgehead atoms. The summed E-state index contributed by atoms with van der Waals surface area (Å²) in [5, 5.41) is 9.58. The van der Waals surface area contributed by atoms with Gasteiger partial charge in [0.25, 0.3) is 0 Å². The number of thiophene rings is 1. The number of likely N-dealkylation sites (tertiary alicyclic amines) is 1. The molecule has 1 unspecified atom stereocenters. The third kappa shape index (κ3) is 2.85. The van der Waals surface area contributed by atoms with Crippen molar-refractivity contribution in [1.29, 1.82) is 0 Å². The van der Waals surface area contributed by atoms with Crippen LogP contribution in [0.5, 0.6) is 0 Å². The fourth-order valence-electron chi connectivity index (χ4n) is 2.81. The Kier molecular flexibility index (Phi) is 4.15. The number of amides is 2. The summed E-state index contributed by atoms with van der Waals surface area (Å²) in [6, 6.07) is 0.252. The first-order valence-electron chi connectivity index (χ1n) is 7.60. The lowest BCUT2D eigenvalue weighted by molar-refractivity contribution is 0.209. The number of hydrogen-bond donors (Lipinski definition) is 2. The lowest BCUT2D eigenvalue weighted by Gasteiger charge is -2.18. The van der Waals surface area contributed by atoms with Crippen LogP contribution in [0.25, 0.3) is 10.2 Å². The van der Waals surface area contributed by atoms with E-state index in [-0.39, 0.29) is 12.1 Å². The van der Waals surface area contributed by atoms with E-state index in [4.69, 9.17) is 0 Å². The highest BCUT2D eigenvalue weighted by atomic mass is 32.1. The van der Waals surface area contributed by atoms with E-state index < -0.39 is 0 Å². The van der Waals surface area contributed by atoms with Crippen LogP contribution in [0.1, 0.15) is 24.7 Å². The molecule has 6 nitrogen and oxygen atoms in total. The highest BCUT2D eigenvalue weighted by molar-refractivity contribution is 7.17. The van der Waals surface area contributed by atoms with Crippen LogP contribution in [-0.2, 0) is 0 Å². The predicted molar refractivity (Wildman–Crippen MR) is 89.6 cm³/mol. The van der Waals surface area contributed by atoms with Gasteiger partial charge in [0.1, 0.15) is 16.5 Å². The van der Waals surface area contributed by atoms with Crippen molar-refractivity contribution in [3.8, 4) is 0 Å². The second kappa shape index (κ2) is 6.08. The number of fused-ring (bicyclic) bond motifs is 1. The molecule has 1 saturated heterocycles. The fraction of sp³-hybridized carbons (Fsp3) is 0.533. The predicted octanol–water partition coefficient (Wildman–Crippen LogP) is 2.52. The van der Waals surface area contributed by atoms with Crippen molar-refractivity contribution in [2.45, 2.75) is 33.2 Å². The van der Waals surface area contributed by atoms with Gasteiger partial charge in [0.2, 0.25) is 0 Å². The van der Waals surface area contributed by atoms with Gasteiger partial charge in [0.15, 0.2) is 0 Å². The van der Waals surface area contributed by atoms with Gasteiger partial charge in [0.05, 0.1) is 5.39 Å². The van der Waals surface area contributed by atoms with Crippen LogP contribution in [0.2, 0.25) is 0 Å². The Morgan fingerprint density at radius 1 is 1.45 bits per heavy atom. The van der Waals surface area contributed by atoms with Crippen LogP contribution in [-0.4, -0.2) is 46.6 Å². The number of rotatable bonds is 3. The Bertz CT molecular complexity index is 699. The number of aryl methyl sites for hydroxylation is 2. The third-order valence-corrected chi connectivity index (χ3v) is 4.86. The first-order chi connectivity index (χ1) is 10.6. The highest BCUT2D eigenvalue weighted by Crippen LogP contribution is 2.30. The molecule has 3 rings (SSSR count). The topological polar surface area (TPSA) is 70.2 Å². The zero-order valence-corrected chi connectivity index (χ0v) is 14.0. The molecule has 1 aliphatic rings. The Morgan fingerprint density at radius 2 is 2.27 bits per heavy atom. The first-order valence-corrected chi connectivity index (χ1v) is 8.48. The molecule has 0 radical (unpaired) electrons. The number of carbonyl (C=O) groups excluding carboxylic acids is 1. The SMILES string of the molecule is CCNC(=O)N1CCC(Nc2nc(C)nc3scc(C)c23)C1. The molecule has 1 aliphatic heterocycles. The van der Waals surface area contributed by atoms with Crippen molar-refractivity contribution in [3.63, 3.8) is 0 Å². The van der Waals surface area contributed by atoms with Crippen LogP contribution in [0, 0.1) is 13.8 Å². The van der Waals surface area contributed by atoms with Crippen LogP contribution in [0.3, 0.4) is 0 Å². The molecule has 1 fully saturated rings. The average molecular weight is 319 g/mol. The number of aromatic nitrogens is 2. The maximum atomic E-state index is 11.9. The number of anilines is 1. The van der Waals surface area contributed by atoms with E-state index in [2.05, 4.69) is 32.9 Å². The maximum Gasteiger partial charge on any atom is 0.317 e. The van der Waals surface area contributed by atoms with Crippen LogP contribution >= 0.6 is 11.3 Å². The summed E-state index contributed by atoms with van der Waals surface area (Å²) in [6.07, 6.45) is 0.935. The summed E-state index contributed by atoms with van der Waals surface area (Å²) >= 11 is 1.65. The van der Waals surface area contributed by atoms with Gasteiger partial charge in [-0.3, -0.25) is 0 Å². The minimum atomic E-state index is 0.0162. The van der Waals surface area contributed by atoms with E-state index in [9.17, 15) is 4.79 Å². The summed E-state index contributed by atoms with van der Waals surface area (Å²) in [4.78, 5) is 23.8. The minimum Gasteiger partial charge on any atom is -0.365 e. The van der Waals surface area contributed by atoms with Gasteiger partial charge in [-0.1, -0.05) is 0 Å². The molecule has 0 aliphatic carbocycles. The third-order valence-electron chi connectivity index (χ3n) is 3.87. The van der Waals surface area contributed by atoms with E-state index in [1.807, 2.05) is 18.7 Å². The largest absolute Gasteiger partial charge is 0.365 e. The summed E-state index contributed by atoms with van der Waals surface area (Å²) < 4.78 is 0. The number of hydrogen-bond acceptors (Lipinski definition) is 5. The highest BCUT2D eigenvalue weighted by Gasteiger charge is 2.26. The second-order valence-corrected chi connectivity index (χ2v) is 6.49. The second-order valence-electron chi connectivity index (χ2n) is 5.63. The molecule has 0 aromatic carbocycles. The van der Waals surface area contributed by atoms with Crippen molar-refractivity contribution >= 4 is 33.4 Å². The van der Waals surface area contributed by atoms with Crippen molar-refractivity contribution in [1.82, 2.24) is 20.2 Å². The fourth-order valence-corrected chi connectivity index (χ4v) is 3.78. The molecular formula is C15H21N5OS. The first kappa shape index (κ1) is 15.0. The molecule has 0 spiro atoms. The van der Waals surface area contributed by atoms with Gasteiger partial charge < -0.3 is 15.5 Å². The van der Waals surface area contributed by atoms with Gasteiger partial charge >= 0.3 is 6.03 Å². The normalized spacial score (nSPS) is 18.0. The number of nitrogens with one attached hydrogen (secondary N) is 2. The molecule has 22 heavy (non-hydrogen) atoms. The average Bonchev–Trinajstić information content (AvgIpc) is 3.06. The molecule has 0 saturated carbocycles. The number of carbonyl (C=O) groups is 1. The van der Waals surface area contributed by atoms with E-state index in [1.54, 1.807) is 11.3 Å². The maximum absolute atomic E-state index is 11.9. The monoisotopic (exact) mass is 319 g/mol. The molecule has 2 aromatic rings. The van der Waals surface area contributed by atoms with Crippen LogP contribution in [0.4, 0.5) is 10.6 Å². The Labute approximate surface area is 133 Å². The number of urea groups is 1. The van der Waals surface area contributed by atoms with Gasteiger partial charge in [-0.05, 0) is 38.1 Å². The molecule has 2 N–H and O–H groups in total. The Hall–Kier alpha value is -1.89. The van der Waals surface area contributed by atoms with E-state index in [0.29, 0.717) is 13.1 Å². The minimum absolute atomic E-state index is 0.0162. The van der Waals surface area contributed by atoms with Crippen LogP contribution in [0.15, 0.2) is 5.38 Å². The van der Waals surface area contributed by atoms with Crippen LogP contribution < -0.4 is 10.6 Å². The van der Waals surface area contributed by atoms with E-state index in [0.717, 1.165) is 34.8 Å². The van der Waals surface area contributed by atoms with Gasteiger partial charge in [-0.15, -0.1) is 11.3 Å².